The molecule has 3 aliphatic rings. The van der Waals surface area contributed by atoms with E-state index < -0.39 is 8.32 Å². The number of imidazole rings is 1. The van der Waals surface area contributed by atoms with Crippen LogP contribution in [0.4, 0.5) is 16.6 Å². The largest absolute Gasteiger partial charge is 0.489 e. The van der Waals surface area contributed by atoms with Crippen molar-refractivity contribution in [3.8, 4) is 5.69 Å². The molecule has 1 saturated heterocycles. The molecule has 2 aromatic carbocycles. The summed E-state index contributed by atoms with van der Waals surface area (Å²) in [6, 6.07) is 18.1. The Hall–Kier alpha value is -4.39. The summed E-state index contributed by atoms with van der Waals surface area (Å²) >= 11 is 0. The SMILES string of the molecule is Cc1ccc(-n2nc(C(C)(C)C)cc2NC(=O)NC2CCC(OC3=Cn4c(cnc4N4CCN(CCO[Si](C(C)C)(C(C)C)C(C)C)CC4)CC3)c3ccccc32)cc1. The van der Waals surface area contributed by atoms with Crippen molar-refractivity contribution in [1.29, 1.82) is 0 Å². The molecule has 12 heteroatoms. The fourth-order valence-electron chi connectivity index (χ4n) is 9.75. The van der Waals surface area contributed by atoms with Crippen LogP contribution in [0.15, 0.2) is 66.6 Å². The summed E-state index contributed by atoms with van der Waals surface area (Å²) in [4.78, 5) is 23.6. The zero-order valence-electron chi connectivity index (χ0n) is 37.2. The normalized spacial score (nSPS) is 18.9. The highest BCUT2D eigenvalue weighted by Gasteiger charge is 2.45. The summed E-state index contributed by atoms with van der Waals surface area (Å²) in [5.41, 5.74) is 8.04. The second-order valence-electron chi connectivity index (χ2n) is 18.9. The van der Waals surface area contributed by atoms with Gasteiger partial charge in [-0.2, -0.15) is 5.10 Å². The van der Waals surface area contributed by atoms with E-state index in [4.69, 9.17) is 19.2 Å². The third-order valence-corrected chi connectivity index (χ3v) is 19.0. The molecule has 0 bridgehead atoms. The van der Waals surface area contributed by atoms with Gasteiger partial charge in [0.25, 0.3) is 0 Å². The first-order chi connectivity index (χ1) is 28.1. The Morgan fingerprint density at radius 1 is 0.898 bits per heavy atom. The average Bonchev–Trinajstić information content (AvgIpc) is 3.82. The Bertz CT molecular complexity index is 2070. The van der Waals surface area contributed by atoms with Gasteiger partial charge >= 0.3 is 6.03 Å². The van der Waals surface area contributed by atoms with Crippen LogP contribution >= 0.6 is 0 Å². The van der Waals surface area contributed by atoms with Gasteiger partial charge in [-0.15, -0.1) is 0 Å². The fraction of sp³-hybridized carbons (Fsp3) is 0.553. The van der Waals surface area contributed by atoms with Gasteiger partial charge < -0.3 is 19.4 Å². The maximum Gasteiger partial charge on any atom is 0.320 e. The summed E-state index contributed by atoms with van der Waals surface area (Å²) in [5, 5.41) is 11.3. The molecule has 0 radical (unpaired) electrons. The van der Waals surface area contributed by atoms with Crippen molar-refractivity contribution in [2.75, 3.05) is 49.5 Å². The monoisotopic (exact) mass is 821 g/mol. The number of carbonyl (C=O) groups is 1. The van der Waals surface area contributed by atoms with Crippen LogP contribution in [0.25, 0.3) is 11.9 Å². The van der Waals surface area contributed by atoms with Gasteiger partial charge in [0.05, 0.1) is 23.6 Å². The fourth-order valence-corrected chi connectivity index (χ4v) is 15.2. The molecule has 318 valence electrons. The van der Waals surface area contributed by atoms with Crippen molar-refractivity contribution in [2.45, 2.75) is 129 Å². The minimum absolute atomic E-state index is 0.0981. The van der Waals surface area contributed by atoms with E-state index in [0.717, 1.165) is 99.2 Å². The summed E-state index contributed by atoms with van der Waals surface area (Å²) in [6.07, 6.45) is 7.38. The lowest BCUT2D eigenvalue weighted by Crippen LogP contribution is -2.51. The number of anilines is 2. The number of rotatable bonds is 13. The molecular formula is C47H68N8O3Si. The average molecular weight is 821 g/mol. The van der Waals surface area contributed by atoms with E-state index in [2.05, 4.69) is 131 Å². The molecule has 59 heavy (non-hydrogen) atoms. The summed E-state index contributed by atoms with van der Waals surface area (Å²) < 4.78 is 17.8. The zero-order chi connectivity index (χ0) is 42.1. The standard InChI is InChI=1S/C47H68N8O3Si/c1-32(2)59(33(3)4,34(5)6)57-28-27-52-23-25-53(26-24-52)46-48-30-37-19-20-38(31-54(37)46)58-42-22-21-41(39-13-11-12-14-40(39)42)49-45(56)50-44-29-43(47(8,9)10)51-55(44)36-17-15-35(7)16-18-36/h11-18,29-34,41-42H,19-28H2,1-10H3,(H2,49,50,56). The van der Waals surface area contributed by atoms with E-state index in [1.807, 2.05) is 35.1 Å². The molecule has 2 atom stereocenters. The third kappa shape index (κ3) is 9.20. The Kier molecular flexibility index (Phi) is 12.8. The molecule has 7 rings (SSSR count). The first-order valence-electron chi connectivity index (χ1n) is 22.0. The molecule has 2 amide bonds. The maximum absolute atomic E-state index is 13.7. The molecule has 2 aromatic heterocycles. The lowest BCUT2D eigenvalue weighted by molar-refractivity contribution is 0.0895. The van der Waals surface area contributed by atoms with Crippen LogP contribution in [-0.2, 0) is 21.0 Å². The number of nitrogens with one attached hydrogen (secondary N) is 2. The number of piperazine rings is 1. The van der Waals surface area contributed by atoms with Gasteiger partial charge in [0, 0.05) is 69.1 Å². The highest BCUT2D eigenvalue weighted by molar-refractivity contribution is 6.77. The molecule has 0 spiro atoms. The van der Waals surface area contributed by atoms with Crippen LogP contribution in [0.5, 0.6) is 0 Å². The second-order valence-corrected chi connectivity index (χ2v) is 24.3. The topological polar surface area (TPSA) is 102 Å². The number of aromatic nitrogens is 4. The van der Waals surface area contributed by atoms with E-state index in [9.17, 15) is 4.79 Å². The first kappa shape index (κ1) is 42.7. The van der Waals surface area contributed by atoms with Crippen molar-refractivity contribution < 1.29 is 14.0 Å². The Balaban J connectivity index is 0.978. The van der Waals surface area contributed by atoms with Crippen LogP contribution in [0.3, 0.4) is 0 Å². The van der Waals surface area contributed by atoms with E-state index in [0.29, 0.717) is 22.4 Å². The number of hydrogen-bond acceptors (Lipinski definition) is 7. The first-order valence-corrected chi connectivity index (χ1v) is 24.2. The quantitative estimate of drug-likeness (QED) is 0.130. The van der Waals surface area contributed by atoms with E-state index in [-0.39, 0.29) is 23.6 Å². The van der Waals surface area contributed by atoms with Crippen LogP contribution < -0.4 is 15.5 Å². The number of fused-ring (bicyclic) bond motifs is 2. The molecular weight excluding hydrogens is 753 g/mol. The van der Waals surface area contributed by atoms with Gasteiger partial charge in [0.15, 0.2) is 8.32 Å². The van der Waals surface area contributed by atoms with Gasteiger partial charge in [-0.1, -0.05) is 104 Å². The summed E-state index contributed by atoms with van der Waals surface area (Å²) in [6.45, 7) is 28.3. The molecule has 4 aromatic rings. The predicted octanol–water partition coefficient (Wildman–Crippen LogP) is 10.1. The van der Waals surface area contributed by atoms with Crippen LogP contribution in [-0.4, -0.2) is 77.9 Å². The van der Waals surface area contributed by atoms with Gasteiger partial charge in [0.2, 0.25) is 5.95 Å². The molecule has 1 fully saturated rings. The van der Waals surface area contributed by atoms with Crippen molar-refractivity contribution in [3.63, 3.8) is 0 Å². The number of hydrogen-bond donors (Lipinski definition) is 2. The molecule has 11 nitrogen and oxygen atoms in total. The Labute approximate surface area is 353 Å². The number of ether oxygens (including phenoxy) is 1. The number of allylic oxidation sites excluding steroid dienone is 1. The van der Waals surface area contributed by atoms with Crippen molar-refractivity contribution in [3.05, 3.63) is 94.6 Å². The predicted molar refractivity (Wildman–Crippen MR) is 242 cm³/mol. The van der Waals surface area contributed by atoms with E-state index in [1.54, 1.807) is 0 Å². The molecule has 0 saturated carbocycles. The van der Waals surface area contributed by atoms with Gasteiger partial charge in [-0.05, 0) is 66.1 Å². The van der Waals surface area contributed by atoms with Crippen molar-refractivity contribution in [1.82, 2.24) is 29.5 Å². The van der Waals surface area contributed by atoms with E-state index in [1.165, 1.54) is 11.3 Å². The molecule has 1 aliphatic carbocycles. The minimum Gasteiger partial charge on any atom is -0.489 e. The number of carbonyl (C=O) groups excluding carboxylic acids is 1. The highest BCUT2D eigenvalue weighted by atomic mass is 28.4. The number of urea groups is 1. The molecule has 2 unspecified atom stereocenters. The van der Waals surface area contributed by atoms with Crippen molar-refractivity contribution >= 4 is 32.3 Å². The lowest BCUT2D eigenvalue weighted by Gasteiger charge is -2.43. The highest BCUT2D eigenvalue weighted by Crippen LogP contribution is 2.43. The zero-order valence-corrected chi connectivity index (χ0v) is 38.2. The number of amides is 2. The van der Waals surface area contributed by atoms with Crippen molar-refractivity contribution in [2.24, 2.45) is 0 Å². The maximum atomic E-state index is 13.7. The van der Waals surface area contributed by atoms with Gasteiger partial charge in [-0.3, -0.25) is 14.8 Å². The van der Waals surface area contributed by atoms with E-state index >= 15 is 0 Å². The Morgan fingerprint density at radius 3 is 2.24 bits per heavy atom. The lowest BCUT2D eigenvalue weighted by atomic mass is 9.85. The molecule has 2 aliphatic heterocycles. The number of aryl methyl sites for hydroxylation is 2. The number of benzene rings is 2. The third-order valence-electron chi connectivity index (χ3n) is 12.9. The smallest absolute Gasteiger partial charge is 0.320 e. The second kappa shape index (κ2) is 17.7. The van der Waals surface area contributed by atoms with Crippen LogP contribution in [0, 0.1) is 6.92 Å². The van der Waals surface area contributed by atoms with Crippen LogP contribution in [0.1, 0.15) is 122 Å². The minimum atomic E-state index is -1.86. The van der Waals surface area contributed by atoms with Gasteiger partial charge in [-0.25, -0.2) is 14.5 Å². The summed E-state index contributed by atoms with van der Waals surface area (Å²) in [5.74, 6) is 2.61. The van der Waals surface area contributed by atoms with Crippen LogP contribution in [0.2, 0.25) is 16.6 Å². The summed E-state index contributed by atoms with van der Waals surface area (Å²) in [7, 11) is -1.86. The molecule has 2 N–H and O–H groups in total. The molecule has 4 heterocycles. The number of nitrogens with zero attached hydrogens (tertiary/aromatic N) is 6. The van der Waals surface area contributed by atoms with Gasteiger partial charge in [0.1, 0.15) is 17.7 Å². The Morgan fingerprint density at radius 2 is 1.58 bits per heavy atom.